The number of nitrogens with zero attached hydrogens (tertiary/aromatic N) is 1. The van der Waals surface area contributed by atoms with Crippen LogP contribution in [0.2, 0.25) is 0 Å². The van der Waals surface area contributed by atoms with Crippen LogP contribution in [0.4, 0.5) is 10.1 Å². The van der Waals surface area contributed by atoms with Gasteiger partial charge in [-0.1, -0.05) is 24.3 Å². The Morgan fingerprint density at radius 1 is 1.13 bits per heavy atom. The molecule has 4 nitrogen and oxygen atoms in total. The maximum atomic E-state index is 13.8. The molecule has 1 heterocycles. The first-order chi connectivity index (χ1) is 11.0. The van der Waals surface area contributed by atoms with Crippen LogP contribution < -0.4 is 5.32 Å². The molecule has 0 atom stereocenters. The van der Waals surface area contributed by atoms with E-state index in [9.17, 15) is 9.18 Å². The van der Waals surface area contributed by atoms with Crippen molar-refractivity contribution in [1.29, 1.82) is 0 Å². The van der Waals surface area contributed by atoms with E-state index in [-0.39, 0.29) is 11.4 Å². The van der Waals surface area contributed by atoms with E-state index in [2.05, 4.69) is 10.3 Å². The molecule has 23 heavy (non-hydrogen) atoms. The molecule has 0 saturated heterocycles. The number of anilines is 1. The molecular weight excluding hydrogens is 295 g/mol. The van der Waals surface area contributed by atoms with Gasteiger partial charge in [-0.05, 0) is 43.7 Å². The zero-order chi connectivity index (χ0) is 16.4. The Bertz CT molecular complexity index is 857. The van der Waals surface area contributed by atoms with Crippen molar-refractivity contribution in [2.24, 2.45) is 0 Å². The van der Waals surface area contributed by atoms with Crippen molar-refractivity contribution >= 4 is 11.6 Å². The molecule has 0 bridgehead atoms. The van der Waals surface area contributed by atoms with Crippen LogP contribution in [0.15, 0.2) is 52.9 Å². The number of rotatable bonds is 3. The average molecular weight is 310 g/mol. The number of oxazole rings is 1. The Morgan fingerprint density at radius 2 is 1.87 bits per heavy atom. The molecule has 0 spiro atoms. The van der Waals surface area contributed by atoms with E-state index < -0.39 is 11.7 Å². The minimum atomic E-state index is -0.504. The zero-order valence-electron chi connectivity index (χ0n) is 12.8. The second-order valence-corrected chi connectivity index (χ2v) is 5.23. The van der Waals surface area contributed by atoms with Gasteiger partial charge < -0.3 is 9.73 Å². The third kappa shape index (κ3) is 3.13. The van der Waals surface area contributed by atoms with Gasteiger partial charge in [0.15, 0.2) is 5.69 Å². The van der Waals surface area contributed by atoms with Crippen molar-refractivity contribution in [3.63, 3.8) is 0 Å². The Kier molecular flexibility index (Phi) is 3.93. The summed E-state index contributed by atoms with van der Waals surface area (Å²) in [5, 5.41) is 2.52. The molecule has 116 valence electrons. The smallest absolute Gasteiger partial charge is 0.278 e. The molecule has 1 amide bonds. The van der Waals surface area contributed by atoms with Crippen LogP contribution in [-0.4, -0.2) is 10.9 Å². The minimum absolute atomic E-state index is 0.115. The van der Waals surface area contributed by atoms with E-state index in [1.807, 2.05) is 30.3 Å². The zero-order valence-corrected chi connectivity index (χ0v) is 12.8. The van der Waals surface area contributed by atoms with Gasteiger partial charge in [-0.3, -0.25) is 4.79 Å². The van der Waals surface area contributed by atoms with Crippen LogP contribution in [-0.2, 0) is 0 Å². The van der Waals surface area contributed by atoms with Crippen LogP contribution in [0.1, 0.15) is 21.8 Å². The number of aryl methyl sites for hydroxylation is 2. The molecular formula is C18H15FN2O2. The molecule has 0 aliphatic heterocycles. The Labute approximate surface area is 133 Å². The summed E-state index contributed by atoms with van der Waals surface area (Å²) in [6, 6.07) is 13.9. The summed E-state index contributed by atoms with van der Waals surface area (Å²) < 4.78 is 19.4. The molecule has 0 aliphatic carbocycles. The maximum absolute atomic E-state index is 13.8. The number of amides is 1. The standard InChI is InChI=1S/C18H15FN2O2/c1-11-8-9-15(14(19)10-11)20-17(22)16-12(2)23-18(21-16)13-6-4-3-5-7-13/h3-10H,1-2H3,(H,20,22). The van der Waals surface area contributed by atoms with Crippen molar-refractivity contribution in [2.75, 3.05) is 5.32 Å². The predicted octanol–water partition coefficient (Wildman–Crippen LogP) is 4.35. The Morgan fingerprint density at radius 3 is 2.57 bits per heavy atom. The monoisotopic (exact) mass is 310 g/mol. The SMILES string of the molecule is Cc1ccc(NC(=O)c2nc(-c3ccccc3)oc2C)c(F)c1. The number of benzene rings is 2. The Balaban J connectivity index is 1.87. The summed E-state index contributed by atoms with van der Waals surface area (Å²) in [6.45, 7) is 3.43. The fourth-order valence-electron chi connectivity index (χ4n) is 2.21. The maximum Gasteiger partial charge on any atom is 0.278 e. The first kappa shape index (κ1) is 15.0. The Hall–Kier alpha value is -2.95. The highest BCUT2D eigenvalue weighted by Crippen LogP contribution is 2.23. The lowest BCUT2D eigenvalue weighted by molar-refractivity contribution is 0.102. The number of nitrogens with one attached hydrogen (secondary N) is 1. The summed E-state index contributed by atoms with van der Waals surface area (Å²) in [4.78, 5) is 16.5. The van der Waals surface area contributed by atoms with Gasteiger partial charge in [0.1, 0.15) is 11.6 Å². The van der Waals surface area contributed by atoms with Crippen molar-refractivity contribution in [2.45, 2.75) is 13.8 Å². The van der Waals surface area contributed by atoms with Crippen LogP contribution in [0.3, 0.4) is 0 Å². The predicted molar refractivity (Wildman–Crippen MR) is 85.8 cm³/mol. The summed E-state index contributed by atoms with van der Waals surface area (Å²) in [7, 11) is 0. The fourth-order valence-corrected chi connectivity index (χ4v) is 2.21. The summed E-state index contributed by atoms with van der Waals surface area (Å²) in [5.41, 5.74) is 1.81. The molecule has 3 aromatic rings. The third-order valence-electron chi connectivity index (χ3n) is 3.41. The third-order valence-corrected chi connectivity index (χ3v) is 3.41. The van der Waals surface area contributed by atoms with E-state index in [1.165, 1.54) is 12.1 Å². The second-order valence-electron chi connectivity index (χ2n) is 5.23. The topological polar surface area (TPSA) is 55.1 Å². The summed E-state index contributed by atoms with van der Waals surface area (Å²) in [6.07, 6.45) is 0. The van der Waals surface area contributed by atoms with Crippen LogP contribution in [0, 0.1) is 19.7 Å². The minimum Gasteiger partial charge on any atom is -0.441 e. The molecule has 2 aromatic carbocycles. The van der Waals surface area contributed by atoms with Crippen LogP contribution in [0.5, 0.6) is 0 Å². The lowest BCUT2D eigenvalue weighted by atomic mass is 10.2. The number of carbonyl (C=O) groups excluding carboxylic acids is 1. The van der Waals surface area contributed by atoms with Gasteiger partial charge in [0.05, 0.1) is 5.69 Å². The van der Waals surface area contributed by atoms with Gasteiger partial charge in [-0.2, -0.15) is 0 Å². The van der Waals surface area contributed by atoms with E-state index in [1.54, 1.807) is 19.9 Å². The van der Waals surface area contributed by atoms with Gasteiger partial charge in [-0.15, -0.1) is 0 Å². The van der Waals surface area contributed by atoms with E-state index in [0.717, 1.165) is 11.1 Å². The quantitative estimate of drug-likeness (QED) is 0.782. The molecule has 5 heteroatoms. The van der Waals surface area contributed by atoms with Crippen molar-refractivity contribution < 1.29 is 13.6 Å². The lowest BCUT2D eigenvalue weighted by Crippen LogP contribution is -2.14. The van der Waals surface area contributed by atoms with Crippen molar-refractivity contribution in [3.05, 3.63) is 71.4 Å². The highest BCUT2D eigenvalue weighted by molar-refractivity contribution is 6.03. The molecule has 0 radical (unpaired) electrons. The highest BCUT2D eigenvalue weighted by Gasteiger charge is 2.19. The number of carbonyl (C=O) groups is 1. The molecule has 0 fully saturated rings. The number of hydrogen-bond acceptors (Lipinski definition) is 3. The number of hydrogen-bond donors (Lipinski definition) is 1. The van der Waals surface area contributed by atoms with Gasteiger partial charge in [0.25, 0.3) is 5.91 Å². The fraction of sp³-hybridized carbons (Fsp3) is 0.111. The second kappa shape index (κ2) is 6.04. The van der Waals surface area contributed by atoms with Crippen molar-refractivity contribution in [3.8, 4) is 11.5 Å². The highest BCUT2D eigenvalue weighted by atomic mass is 19.1. The summed E-state index contributed by atoms with van der Waals surface area (Å²) >= 11 is 0. The summed E-state index contributed by atoms with van der Waals surface area (Å²) in [5.74, 6) is -0.245. The first-order valence-corrected chi connectivity index (χ1v) is 7.15. The molecule has 0 unspecified atom stereocenters. The molecule has 1 aromatic heterocycles. The van der Waals surface area contributed by atoms with Gasteiger partial charge in [0, 0.05) is 5.56 Å². The molecule has 0 aliphatic rings. The molecule has 3 rings (SSSR count). The molecule has 0 saturated carbocycles. The normalized spacial score (nSPS) is 10.6. The lowest BCUT2D eigenvalue weighted by Gasteiger charge is -2.05. The van der Waals surface area contributed by atoms with E-state index in [0.29, 0.717) is 11.7 Å². The first-order valence-electron chi connectivity index (χ1n) is 7.15. The van der Waals surface area contributed by atoms with Gasteiger partial charge in [-0.25, -0.2) is 9.37 Å². The van der Waals surface area contributed by atoms with Crippen molar-refractivity contribution in [1.82, 2.24) is 4.98 Å². The van der Waals surface area contributed by atoms with Crippen LogP contribution in [0.25, 0.3) is 11.5 Å². The van der Waals surface area contributed by atoms with E-state index >= 15 is 0 Å². The largest absolute Gasteiger partial charge is 0.441 e. The van der Waals surface area contributed by atoms with Gasteiger partial charge in [0.2, 0.25) is 5.89 Å². The number of halogens is 1. The van der Waals surface area contributed by atoms with Gasteiger partial charge >= 0.3 is 0 Å². The average Bonchev–Trinajstić information content (AvgIpc) is 2.93. The van der Waals surface area contributed by atoms with E-state index in [4.69, 9.17) is 4.42 Å². The van der Waals surface area contributed by atoms with Crippen LogP contribution >= 0.6 is 0 Å². The number of aromatic nitrogens is 1. The molecule has 1 N–H and O–H groups in total.